The standard InChI is InChI=1S/C13H25BrO2/c1-3-4-12(2)9-16-11-13(10-14)5-7-15-8-6-13/h12H,3-11H2,1-2H3. The Morgan fingerprint density at radius 1 is 1.38 bits per heavy atom. The number of ether oxygens (including phenoxy) is 2. The van der Waals surface area contributed by atoms with Gasteiger partial charge in [0, 0.05) is 30.6 Å². The minimum Gasteiger partial charge on any atom is -0.381 e. The molecule has 0 amide bonds. The molecule has 1 rings (SSSR count). The number of halogens is 1. The van der Waals surface area contributed by atoms with Crippen molar-refractivity contribution in [2.24, 2.45) is 11.3 Å². The first-order valence-corrected chi connectivity index (χ1v) is 7.56. The molecule has 0 aliphatic carbocycles. The van der Waals surface area contributed by atoms with Gasteiger partial charge in [-0.05, 0) is 25.2 Å². The first-order chi connectivity index (χ1) is 7.72. The monoisotopic (exact) mass is 292 g/mol. The van der Waals surface area contributed by atoms with Crippen LogP contribution in [0.2, 0.25) is 0 Å². The average molecular weight is 293 g/mol. The smallest absolute Gasteiger partial charge is 0.0532 e. The molecule has 0 aromatic heterocycles. The lowest BCUT2D eigenvalue weighted by molar-refractivity contribution is -0.0331. The molecule has 1 atom stereocenters. The zero-order chi connectivity index (χ0) is 11.9. The van der Waals surface area contributed by atoms with Crippen molar-refractivity contribution in [3.63, 3.8) is 0 Å². The van der Waals surface area contributed by atoms with Gasteiger partial charge in [0.25, 0.3) is 0 Å². The maximum atomic E-state index is 5.90. The second kappa shape index (κ2) is 7.67. The third kappa shape index (κ3) is 4.72. The molecule has 0 saturated carbocycles. The van der Waals surface area contributed by atoms with Gasteiger partial charge in [0.2, 0.25) is 0 Å². The fraction of sp³-hybridized carbons (Fsp3) is 1.00. The summed E-state index contributed by atoms with van der Waals surface area (Å²) in [5.74, 6) is 0.692. The molecule has 3 heteroatoms. The maximum absolute atomic E-state index is 5.90. The van der Waals surface area contributed by atoms with Gasteiger partial charge in [-0.25, -0.2) is 0 Å². The molecular formula is C13H25BrO2. The molecule has 1 fully saturated rings. The number of hydrogen-bond acceptors (Lipinski definition) is 2. The predicted octanol–water partition coefficient (Wildman–Crippen LogP) is 3.63. The summed E-state index contributed by atoms with van der Waals surface area (Å²) in [5, 5.41) is 1.03. The molecule has 0 bridgehead atoms. The number of alkyl halides is 1. The van der Waals surface area contributed by atoms with Crippen LogP contribution in [0.1, 0.15) is 39.5 Å². The van der Waals surface area contributed by atoms with E-state index in [-0.39, 0.29) is 0 Å². The van der Waals surface area contributed by atoms with E-state index in [1.165, 1.54) is 12.8 Å². The van der Waals surface area contributed by atoms with Crippen molar-refractivity contribution in [1.82, 2.24) is 0 Å². The molecule has 16 heavy (non-hydrogen) atoms. The Kier molecular flexibility index (Phi) is 6.94. The quantitative estimate of drug-likeness (QED) is 0.667. The van der Waals surface area contributed by atoms with Crippen molar-refractivity contribution < 1.29 is 9.47 Å². The van der Waals surface area contributed by atoms with Crippen LogP contribution in [0.4, 0.5) is 0 Å². The van der Waals surface area contributed by atoms with Crippen LogP contribution >= 0.6 is 15.9 Å². The first-order valence-electron chi connectivity index (χ1n) is 6.44. The molecule has 1 saturated heterocycles. The van der Waals surface area contributed by atoms with Crippen LogP contribution in [0, 0.1) is 11.3 Å². The molecule has 0 radical (unpaired) electrons. The minimum absolute atomic E-state index is 0.324. The van der Waals surface area contributed by atoms with Crippen molar-refractivity contribution in [2.45, 2.75) is 39.5 Å². The highest BCUT2D eigenvalue weighted by Gasteiger charge is 2.31. The highest BCUT2D eigenvalue weighted by Crippen LogP contribution is 2.32. The second-order valence-electron chi connectivity index (χ2n) is 5.15. The normalized spacial score (nSPS) is 21.9. The van der Waals surface area contributed by atoms with E-state index in [9.17, 15) is 0 Å². The van der Waals surface area contributed by atoms with Gasteiger partial charge >= 0.3 is 0 Å². The lowest BCUT2D eigenvalue weighted by Gasteiger charge is -2.35. The van der Waals surface area contributed by atoms with E-state index < -0.39 is 0 Å². The van der Waals surface area contributed by atoms with Crippen molar-refractivity contribution >= 4 is 15.9 Å². The van der Waals surface area contributed by atoms with Gasteiger partial charge in [-0.15, -0.1) is 0 Å². The molecule has 0 N–H and O–H groups in total. The zero-order valence-electron chi connectivity index (χ0n) is 10.6. The Balaban J connectivity index is 2.22. The van der Waals surface area contributed by atoms with Crippen LogP contribution < -0.4 is 0 Å². The van der Waals surface area contributed by atoms with Crippen LogP contribution in [0.5, 0.6) is 0 Å². The van der Waals surface area contributed by atoms with Gasteiger partial charge in [-0.3, -0.25) is 0 Å². The van der Waals surface area contributed by atoms with Gasteiger partial charge in [-0.1, -0.05) is 36.2 Å². The summed E-state index contributed by atoms with van der Waals surface area (Å²) in [6.45, 7) is 8.07. The second-order valence-corrected chi connectivity index (χ2v) is 5.72. The van der Waals surface area contributed by atoms with Crippen molar-refractivity contribution in [3.05, 3.63) is 0 Å². The summed E-state index contributed by atoms with van der Waals surface area (Å²) < 4.78 is 11.3. The molecule has 1 aliphatic heterocycles. The minimum atomic E-state index is 0.324. The Bertz CT molecular complexity index is 179. The lowest BCUT2D eigenvalue weighted by atomic mass is 9.83. The van der Waals surface area contributed by atoms with Gasteiger partial charge in [0.1, 0.15) is 0 Å². The fourth-order valence-corrected chi connectivity index (χ4v) is 2.90. The largest absolute Gasteiger partial charge is 0.381 e. The molecule has 2 nitrogen and oxygen atoms in total. The van der Waals surface area contributed by atoms with E-state index in [0.29, 0.717) is 11.3 Å². The summed E-state index contributed by atoms with van der Waals surface area (Å²) >= 11 is 3.63. The molecule has 1 heterocycles. The van der Waals surface area contributed by atoms with E-state index in [2.05, 4.69) is 29.8 Å². The van der Waals surface area contributed by atoms with Gasteiger partial charge in [-0.2, -0.15) is 0 Å². The molecule has 0 aromatic rings. The zero-order valence-corrected chi connectivity index (χ0v) is 12.2. The van der Waals surface area contributed by atoms with Gasteiger partial charge in [0.15, 0.2) is 0 Å². The van der Waals surface area contributed by atoms with Gasteiger partial charge in [0.05, 0.1) is 6.61 Å². The van der Waals surface area contributed by atoms with Crippen molar-refractivity contribution in [3.8, 4) is 0 Å². The van der Waals surface area contributed by atoms with Gasteiger partial charge < -0.3 is 9.47 Å². The summed E-state index contributed by atoms with van der Waals surface area (Å²) in [5.41, 5.74) is 0.324. The average Bonchev–Trinajstić information content (AvgIpc) is 2.31. The third-order valence-electron chi connectivity index (χ3n) is 3.43. The highest BCUT2D eigenvalue weighted by molar-refractivity contribution is 9.09. The molecule has 1 unspecified atom stereocenters. The van der Waals surface area contributed by atoms with Crippen molar-refractivity contribution in [2.75, 3.05) is 31.8 Å². The topological polar surface area (TPSA) is 18.5 Å². The molecular weight excluding hydrogens is 268 g/mol. The summed E-state index contributed by atoms with van der Waals surface area (Å²) in [7, 11) is 0. The number of rotatable bonds is 7. The summed E-state index contributed by atoms with van der Waals surface area (Å²) in [6.07, 6.45) is 4.77. The van der Waals surface area contributed by atoms with Crippen LogP contribution in [0.3, 0.4) is 0 Å². The van der Waals surface area contributed by atoms with Crippen molar-refractivity contribution in [1.29, 1.82) is 0 Å². The molecule has 0 spiro atoms. The van der Waals surface area contributed by atoms with E-state index in [4.69, 9.17) is 9.47 Å². The molecule has 1 aliphatic rings. The first kappa shape index (κ1) is 14.5. The van der Waals surface area contributed by atoms with E-state index in [1.807, 2.05) is 0 Å². The van der Waals surface area contributed by atoms with Crippen LogP contribution in [-0.4, -0.2) is 31.8 Å². The van der Waals surface area contributed by atoms with Crippen LogP contribution in [0.15, 0.2) is 0 Å². The maximum Gasteiger partial charge on any atom is 0.0532 e. The molecule has 0 aromatic carbocycles. The highest BCUT2D eigenvalue weighted by atomic mass is 79.9. The van der Waals surface area contributed by atoms with Crippen LogP contribution in [0.25, 0.3) is 0 Å². The van der Waals surface area contributed by atoms with E-state index in [1.54, 1.807) is 0 Å². The summed E-state index contributed by atoms with van der Waals surface area (Å²) in [4.78, 5) is 0. The third-order valence-corrected chi connectivity index (χ3v) is 4.62. The SMILES string of the molecule is CCCC(C)COCC1(CBr)CCOCC1. The number of hydrogen-bond donors (Lipinski definition) is 0. The Hall–Kier alpha value is 0.400. The predicted molar refractivity (Wildman–Crippen MR) is 71.2 cm³/mol. The Morgan fingerprint density at radius 3 is 2.62 bits per heavy atom. The van der Waals surface area contributed by atoms with E-state index in [0.717, 1.165) is 44.6 Å². The lowest BCUT2D eigenvalue weighted by Crippen LogP contribution is -2.36. The van der Waals surface area contributed by atoms with Crippen LogP contribution in [-0.2, 0) is 9.47 Å². The summed E-state index contributed by atoms with van der Waals surface area (Å²) in [6, 6.07) is 0. The molecule has 96 valence electrons. The fourth-order valence-electron chi connectivity index (χ4n) is 2.17. The van der Waals surface area contributed by atoms with E-state index >= 15 is 0 Å². The Labute approximate surface area is 108 Å². The Morgan fingerprint density at radius 2 is 2.06 bits per heavy atom.